The number of ketones is 1. The van der Waals surface area contributed by atoms with Gasteiger partial charge in [0, 0.05) is 40.8 Å². The number of hydrogen-bond acceptors (Lipinski definition) is 4. The standard InChI is InChI=1S/C28H31N3O4/c1-6-35-24-12-11-19(13-25(24)34-5)21(22-15-29-23-10-8-7-9-20(22)23)14-30-28(33)27-16(2)26(18(4)32)17(3)31-27/h7-13,15,21,29,31H,6,14H2,1-5H3,(H,30,33)/t21-/m1/s1. The minimum atomic E-state index is -0.249. The van der Waals surface area contributed by atoms with E-state index in [1.54, 1.807) is 14.0 Å². The minimum Gasteiger partial charge on any atom is -0.493 e. The second-order valence-electron chi connectivity index (χ2n) is 8.58. The van der Waals surface area contributed by atoms with Crippen LogP contribution in [0.25, 0.3) is 10.9 Å². The van der Waals surface area contributed by atoms with Gasteiger partial charge < -0.3 is 24.8 Å². The Labute approximate surface area is 204 Å². The molecule has 0 saturated carbocycles. The number of aryl methyl sites for hydroxylation is 1. The third-order valence-electron chi connectivity index (χ3n) is 6.37. The first kappa shape index (κ1) is 24.1. The van der Waals surface area contributed by atoms with Crippen LogP contribution in [-0.2, 0) is 0 Å². The van der Waals surface area contributed by atoms with Crippen molar-refractivity contribution in [3.8, 4) is 11.5 Å². The fourth-order valence-electron chi connectivity index (χ4n) is 4.75. The van der Waals surface area contributed by atoms with Gasteiger partial charge in [-0.25, -0.2) is 0 Å². The van der Waals surface area contributed by atoms with Crippen LogP contribution in [-0.4, -0.2) is 41.9 Å². The number of carbonyl (C=O) groups is 2. The third-order valence-corrected chi connectivity index (χ3v) is 6.37. The Balaban J connectivity index is 1.70. The Kier molecular flexibility index (Phi) is 6.96. The van der Waals surface area contributed by atoms with Crippen molar-refractivity contribution in [3.05, 3.63) is 82.3 Å². The topological polar surface area (TPSA) is 96.2 Å². The molecule has 0 spiro atoms. The predicted octanol–water partition coefficient (Wildman–Crippen LogP) is 5.28. The summed E-state index contributed by atoms with van der Waals surface area (Å²) in [6.07, 6.45) is 1.99. The molecule has 182 valence electrons. The molecule has 4 rings (SSSR count). The van der Waals surface area contributed by atoms with Crippen molar-refractivity contribution in [2.45, 2.75) is 33.6 Å². The molecule has 2 heterocycles. The monoisotopic (exact) mass is 473 g/mol. The number of methoxy groups -OCH3 is 1. The molecule has 35 heavy (non-hydrogen) atoms. The molecule has 2 aromatic heterocycles. The quantitative estimate of drug-likeness (QED) is 0.288. The summed E-state index contributed by atoms with van der Waals surface area (Å²) in [5, 5.41) is 4.17. The summed E-state index contributed by atoms with van der Waals surface area (Å²) in [5.41, 5.74) is 5.42. The van der Waals surface area contributed by atoms with Gasteiger partial charge in [0.15, 0.2) is 17.3 Å². The molecule has 4 aromatic rings. The molecule has 2 aromatic carbocycles. The summed E-state index contributed by atoms with van der Waals surface area (Å²) in [5.74, 6) is 0.856. The molecular formula is C28H31N3O4. The minimum absolute atomic E-state index is 0.0616. The molecule has 0 aliphatic carbocycles. The number of amides is 1. The van der Waals surface area contributed by atoms with Crippen LogP contribution in [0.1, 0.15) is 63.0 Å². The van der Waals surface area contributed by atoms with Crippen molar-refractivity contribution in [3.63, 3.8) is 0 Å². The maximum Gasteiger partial charge on any atom is 0.268 e. The van der Waals surface area contributed by atoms with E-state index in [1.165, 1.54) is 6.92 Å². The number of carbonyl (C=O) groups excluding carboxylic acids is 2. The van der Waals surface area contributed by atoms with Gasteiger partial charge in [-0.2, -0.15) is 0 Å². The van der Waals surface area contributed by atoms with Gasteiger partial charge in [0.05, 0.1) is 13.7 Å². The zero-order valence-electron chi connectivity index (χ0n) is 20.7. The first-order valence-corrected chi connectivity index (χ1v) is 11.7. The Morgan fingerprint density at radius 1 is 1.09 bits per heavy atom. The van der Waals surface area contributed by atoms with E-state index in [4.69, 9.17) is 9.47 Å². The molecule has 7 nitrogen and oxygen atoms in total. The lowest BCUT2D eigenvalue weighted by atomic mass is 9.90. The van der Waals surface area contributed by atoms with Crippen LogP contribution in [0.15, 0.2) is 48.7 Å². The maximum atomic E-state index is 13.2. The van der Waals surface area contributed by atoms with Gasteiger partial charge in [0.25, 0.3) is 5.91 Å². The van der Waals surface area contributed by atoms with Crippen molar-refractivity contribution in [1.29, 1.82) is 0 Å². The van der Waals surface area contributed by atoms with Crippen molar-refractivity contribution >= 4 is 22.6 Å². The normalized spacial score (nSPS) is 11.9. The van der Waals surface area contributed by atoms with Crippen LogP contribution in [0, 0.1) is 13.8 Å². The second kappa shape index (κ2) is 10.1. The average Bonchev–Trinajstić information content (AvgIpc) is 3.40. The summed E-state index contributed by atoms with van der Waals surface area (Å²) >= 11 is 0. The van der Waals surface area contributed by atoms with Crippen LogP contribution < -0.4 is 14.8 Å². The number of hydrogen-bond donors (Lipinski definition) is 3. The molecule has 3 N–H and O–H groups in total. The zero-order valence-corrected chi connectivity index (χ0v) is 20.7. The van der Waals surface area contributed by atoms with Gasteiger partial charge in [-0.1, -0.05) is 24.3 Å². The molecule has 0 saturated heterocycles. The molecule has 0 radical (unpaired) electrons. The number of aromatic nitrogens is 2. The van der Waals surface area contributed by atoms with E-state index in [0.717, 1.165) is 22.0 Å². The van der Waals surface area contributed by atoms with Crippen LogP contribution >= 0.6 is 0 Å². The summed E-state index contributed by atoms with van der Waals surface area (Å²) in [7, 11) is 1.62. The van der Waals surface area contributed by atoms with E-state index >= 15 is 0 Å². The van der Waals surface area contributed by atoms with E-state index < -0.39 is 0 Å². The van der Waals surface area contributed by atoms with E-state index in [2.05, 4.69) is 21.4 Å². The average molecular weight is 474 g/mol. The van der Waals surface area contributed by atoms with Crippen LogP contribution in [0.5, 0.6) is 11.5 Å². The third kappa shape index (κ3) is 4.67. The highest BCUT2D eigenvalue weighted by Gasteiger charge is 2.24. The van der Waals surface area contributed by atoms with Crippen molar-refractivity contribution < 1.29 is 19.1 Å². The van der Waals surface area contributed by atoms with Crippen molar-refractivity contribution in [2.24, 2.45) is 0 Å². The Morgan fingerprint density at radius 2 is 1.86 bits per heavy atom. The number of nitrogens with one attached hydrogen (secondary N) is 3. The highest BCUT2D eigenvalue weighted by atomic mass is 16.5. The number of benzene rings is 2. The molecular weight excluding hydrogens is 442 g/mol. The van der Waals surface area contributed by atoms with Crippen LogP contribution in [0.4, 0.5) is 0 Å². The number of fused-ring (bicyclic) bond motifs is 1. The first-order valence-electron chi connectivity index (χ1n) is 11.7. The van der Waals surface area contributed by atoms with Gasteiger partial charge in [0.2, 0.25) is 0 Å². The molecule has 1 atom stereocenters. The van der Waals surface area contributed by atoms with Gasteiger partial charge in [-0.15, -0.1) is 0 Å². The summed E-state index contributed by atoms with van der Waals surface area (Å²) in [6.45, 7) is 7.93. The summed E-state index contributed by atoms with van der Waals surface area (Å²) < 4.78 is 11.3. The molecule has 0 unspecified atom stereocenters. The lowest BCUT2D eigenvalue weighted by molar-refractivity contribution is 0.0947. The molecule has 0 fully saturated rings. The van der Waals surface area contributed by atoms with E-state index in [9.17, 15) is 9.59 Å². The fraction of sp³-hybridized carbons (Fsp3) is 0.286. The number of Topliss-reactive ketones (excluding diaryl/α,β-unsaturated/α-hetero) is 1. The molecule has 0 aliphatic heterocycles. The van der Waals surface area contributed by atoms with Gasteiger partial charge >= 0.3 is 0 Å². The van der Waals surface area contributed by atoms with E-state index in [0.29, 0.717) is 47.2 Å². The number of para-hydroxylation sites is 1. The lowest BCUT2D eigenvalue weighted by Crippen LogP contribution is -2.29. The Hall–Kier alpha value is -4.00. The molecule has 1 amide bonds. The fourth-order valence-corrected chi connectivity index (χ4v) is 4.75. The Bertz CT molecular complexity index is 1380. The predicted molar refractivity (Wildman–Crippen MR) is 137 cm³/mol. The van der Waals surface area contributed by atoms with E-state index in [-0.39, 0.29) is 17.6 Å². The highest BCUT2D eigenvalue weighted by molar-refractivity contribution is 6.02. The molecule has 0 bridgehead atoms. The van der Waals surface area contributed by atoms with Crippen molar-refractivity contribution in [2.75, 3.05) is 20.3 Å². The van der Waals surface area contributed by atoms with Gasteiger partial charge in [-0.05, 0) is 62.6 Å². The highest BCUT2D eigenvalue weighted by Crippen LogP contribution is 2.36. The lowest BCUT2D eigenvalue weighted by Gasteiger charge is -2.20. The first-order chi connectivity index (χ1) is 16.8. The summed E-state index contributed by atoms with van der Waals surface area (Å²) in [6, 6.07) is 14.0. The second-order valence-corrected chi connectivity index (χ2v) is 8.58. The number of rotatable bonds is 9. The summed E-state index contributed by atoms with van der Waals surface area (Å²) in [4.78, 5) is 31.6. The SMILES string of the molecule is CCOc1ccc([C@@H](CNC(=O)c2[nH]c(C)c(C(C)=O)c2C)c2c[nH]c3ccccc23)cc1OC. The van der Waals surface area contributed by atoms with Gasteiger partial charge in [0.1, 0.15) is 5.69 Å². The van der Waals surface area contributed by atoms with Crippen molar-refractivity contribution in [1.82, 2.24) is 15.3 Å². The Morgan fingerprint density at radius 3 is 2.54 bits per heavy atom. The van der Waals surface area contributed by atoms with E-state index in [1.807, 2.05) is 56.4 Å². The van der Waals surface area contributed by atoms with Gasteiger partial charge in [-0.3, -0.25) is 9.59 Å². The maximum absolute atomic E-state index is 13.2. The van der Waals surface area contributed by atoms with Crippen LogP contribution in [0.3, 0.4) is 0 Å². The number of aromatic amines is 2. The molecule has 7 heteroatoms. The molecule has 0 aliphatic rings. The van der Waals surface area contributed by atoms with Crippen LogP contribution in [0.2, 0.25) is 0 Å². The number of ether oxygens (including phenoxy) is 2. The smallest absolute Gasteiger partial charge is 0.268 e. The zero-order chi connectivity index (χ0) is 25.1. The number of H-pyrrole nitrogens is 2. The largest absolute Gasteiger partial charge is 0.493 e.